The summed E-state index contributed by atoms with van der Waals surface area (Å²) in [5.41, 5.74) is 1.35. The maximum atomic E-state index is 4.25. The van der Waals surface area contributed by atoms with Gasteiger partial charge in [-0.3, -0.25) is 4.90 Å². The molecule has 2 unspecified atom stereocenters. The molecule has 0 radical (unpaired) electrons. The molecule has 17 heavy (non-hydrogen) atoms. The highest BCUT2D eigenvalue weighted by atomic mass is 15.2. The van der Waals surface area contributed by atoms with Crippen molar-refractivity contribution in [3.63, 3.8) is 0 Å². The van der Waals surface area contributed by atoms with E-state index in [4.69, 9.17) is 0 Å². The summed E-state index contributed by atoms with van der Waals surface area (Å²) in [6.07, 6.45) is 7.99. The Morgan fingerprint density at radius 3 is 3.12 bits per heavy atom. The molecule has 3 rings (SSSR count). The van der Waals surface area contributed by atoms with Crippen LogP contribution in [0.1, 0.15) is 31.9 Å². The summed E-state index contributed by atoms with van der Waals surface area (Å²) in [7, 11) is 0. The van der Waals surface area contributed by atoms with Gasteiger partial charge < -0.3 is 9.88 Å². The van der Waals surface area contributed by atoms with Crippen molar-refractivity contribution in [1.29, 1.82) is 0 Å². The molecular formula is C13H22N4. The standard InChI is InChI=1S/C13H22N4/c1-2-17-10-14-7-13(17)9-16-6-5-11-3-4-12(8-16)15-11/h7,10-12,15H,2-6,8-9H2,1H3. The van der Waals surface area contributed by atoms with Crippen molar-refractivity contribution < 1.29 is 0 Å². The summed E-state index contributed by atoms with van der Waals surface area (Å²) in [5.74, 6) is 0. The van der Waals surface area contributed by atoms with Gasteiger partial charge in [-0.1, -0.05) is 0 Å². The van der Waals surface area contributed by atoms with E-state index in [9.17, 15) is 0 Å². The number of nitrogens with zero attached hydrogens (tertiary/aromatic N) is 3. The zero-order valence-electron chi connectivity index (χ0n) is 10.6. The number of fused-ring (bicyclic) bond motifs is 2. The van der Waals surface area contributed by atoms with Crippen molar-refractivity contribution in [3.8, 4) is 0 Å². The SMILES string of the molecule is CCn1cncc1CN1CCC2CCC(C1)N2. The number of hydrogen-bond acceptors (Lipinski definition) is 3. The second-order valence-electron chi connectivity index (χ2n) is 5.33. The molecule has 1 N–H and O–H groups in total. The van der Waals surface area contributed by atoms with Crippen LogP contribution >= 0.6 is 0 Å². The van der Waals surface area contributed by atoms with E-state index < -0.39 is 0 Å². The van der Waals surface area contributed by atoms with Gasteiger partial charge in [0.25, 0.3) is 0 Å². The molecule has 1 aromatic rings. The largest absolute Gasteiger partial charge is 0.334 e. The third kappa shape index (κ3) is 2.38. The molecule has 4 nitrogen and oxygen atoms in total. The Morgan fingerprint density at radius 1 is 1.35 bits per heavy atom. The molecule has 4 heteroatoms. The monoisotopic (exact) mass is 234 g/mol. The molecule has 0 amide bonds. The number of likely N-dealkylation sites (tertiary alicyclic amines) is 1. The first kappa shape index (κ1) is 11.2. The number of imidazole rings is 1. The first-order chi connectivity index (χ1) is 8.35. The Kier molecular flexibility index (Phi) is 3.16. The van der Waals surface area contributed by atoms with E-state index in [2.05, 4.69) is 26.7 Å². The highest BCUT2D eigenvalue weighted by Crippen LogP contribution is 2.21. The Balaban J connectivity index is 1.65. The molecular weight excluding hydrogens is 212 g/mol. The van der Waals surface area contributed by atoms with E-state index in [0.717, 1.165) is 25.2 Å². The lowest BCUT2D eigenvalue weighted by Crippen LogP contribution is -2.35. The molecule has 0 aromatic carbocycles. The van der Waals surface area contributed by atoms with Crippen molar-refractivity contribution in [2.24, 2.45) is 0 Å². The van der Waals surface area contributed by atoms with E-state index >= 15 is 0 Å². The minimum Gasteiger partial charge on any atom is -0.334 e. The summed E-state index contributed by atoms with van der Waals surface area (Å²) in [6.45, 7) is 6.68. The molecule has 3 heterocycles. The smallest absolute Gasteiger partial charge is 0.0948 e. The zero-order valence-corrected chi connectivity index (χ0v) is 10.6. The molecule has 94 valence electrons. The lowest BCUT2D eigenvalue weighted by atomic mass is 10.1. The lowest BCUT2D eigenvalue weighted by molar-refractivity contribution is 0.245. The van der Waals surface area contributed by atoms with Crippen molar-refractivity contribution >= 4 is 0 Å². The molecule has 0 aliphatic carbocycles. The maximum absolute atomic E-state index is 4.25. The molecule has 2 aliphatic heterocycles. The fraction of sp³-hybridized carbons (Fsp3) is 0.769. The van der Waals surface area contributed by atoms with Gasteiger partial charge in [-0.25, -0.2) is 4.98 Å². The average Bonchev–Trinajstić information content (AvgIpc) is 2.88. The van der Waals surface area contributed by atoms with Crippen LogP contribution in [0.4, 0.5) is 0 Å². The van der Waals surface area contributed by atoms with Crippen LogP contribution < -0.4 is 5.32 Å². The van der Waals surface area contributed by atoms with E-state index in [1.54, 1.807) is 0 Å². The molecule has 2 aliphatic rings. The summed E-state index contributed by atoms with van der Waals surface area (Å²) >= 11 is 0. The summed E-state index contributed by atoms with van der Waals surface area (Å²) in [5, 5.41) is 3.73. The Labute approximate surface area is 103 Å². The number of nitrogens with one attached hydrogen (secondary N) is 1. The van der Waals surface area contributed by atoms with E-state index in [-0.39, 0.29) is 0 Å². The van der Waals surface area contributed by atoms with Crippen LogP contribution in [0.3, 0.4) is 0 Å². The third-order valence-electron chi connectivity index (χ3n) is 4.13. The van der Waals surface area contributed by atoms with Crippen molar-refractivity contribution in [1.82, 2.24) is 19.8 Å². The zero-order chi connectivity index (χ0) is 11.7. The predicted octanol–water partition coefficient (Wildman–Crippen LogP) is 1.23. The van der Waals surface area contributed by atoms with Gasteiger partial charge in [-0.05, 0) is 26.2 Å². The van der Waals surface area contributed by atoms with Gasteiger partial charge in [0.2, 0.25) is 0 Å². The number of rotatable bonds is 3. The molecule has 0 saturated carbocycles. The lowest BCUT2D eigenvalue weighted by Gasteiger charge is -2.24. The number of aromatic nitrogens is 2. The van der Waals surface area contributed by atoms with Crippen molar-refractivity contribution in [3.05, 3.63) is 18.2 Å². The quantitative estimate of drug-likeness (QED) is 0.854. The third-order valence-corrected chi connectivity index (χ3v) is 4.13. The van der Waals surface area contributed by atoms with E-state index in [1.165, 1.54) is 38.0 Å². The summed E-state index contributed by atoms with van der Waals surface area (Å²) in [6, 6.07) is 1.50. The predicted molar refractivity (Wildman–Crippen MR) is 67.7 cm³/mol. The molecule has 2 fully saturated rings. The highest BCUT2D eigenvalue weighted by Gasteiger charge is 2.29. The van der Waals surface area contributed by atoms with Crippen LogP contribution in [0.15, 0.2) is 12.5 Å². The second kappa shape index (κ2) is 4.78. The van der Waals surface area contributed by atoms with Crippen LogP contribution in [-0.4, -0.2) is 39.6 Å². The van der Waals surface area contributed by atoms with Crippen LogP contribution in [0.2, 0.25) is 0 Å². The molecule has 2 bridgehead atoms. The van der Waals surface area contributed by atoms with Gasteiger partial charge >= 0.3 is 0 Å². The first-order valence-corrected chi connectivity index (χ1v) is 6.82. The van der Waals surface area contributed by atoms with Crippen LogP contribution in [0.25, 0.3) is 0 Å². The number of hydrogen-bond donors (Lipinski definition) is 1. The van der Waals surface area contributed by atoms with Crippen LogP contribution in [-0.2, 0) is 13.1 Å². The van der Waals surface area contributed by atoms with Gasteiger partial charge in [0.05, 0.1) is 12.0 Å². The normalized spacial score (nSPS) is 29.5. The molecule has 1 aromatic heterocycles. The minimum absolute atomic E-state index is 0.723. The minimum atomic E-state index is 0.723. The van der Waals surface area contributed by atoms with Gasteiger partial charge in [-0.15, -0.1) is 0 Å². The van der Waals surface area contributed by atoms with Crippen molar-refractivity contribution in [2.75, 3.05) is 13.1 Å². The summed E-state index contributed by atoms with van der Waals surface area (Å²) < 4.78 is 2.25. The topological polar surface area (TPSA) is 33.1 Å². The molecule has 0 spiro atoms. The van der Waals surface area contributed by atoms with E-state index in [1.807, 2.05) is 12.5 Å². The van der Waals surface area contributed by atoms with Crippen LogP contribution in [0.5, 0.6) is 0 Å². The van der Waals surface area contributed by atoms with Gasteiger partial charge in [-0.2, -0.15) is 0 Å². The van der Waals surface area contributed by atoms with Crippen LogP contribution in [0, 0.1) is 0 Å². The first-order valence-electron chi connectivity index (χ1n) is 6.82. The van der Waals surface area contributed by atoms with Gasteiger partial charge in [0.15, 0.2) is 0 Å². The van der Waals surface area contributed by atoms with E-state index in [0.29, 0.717) is 0 Å². The molecule has 2 atom stereocenters. The fourth-order valence-electron chi connectivity index (χ4n) is 3.15. The Hall–Kier alpha value is -0.870. The summed E-state index contributed by atoms with van der Waals surface area (Å²) in [4.78, 5) is 6.83. The maximum Gasteiger partial charge on any atom is 0.0948 e. The number of aryl methyl sites for hydroxylation is 1. The second-order valence-corrected chi connectivity index (χ2v) is 5.33. The van der Waals surface area contributed by atoms with Crippen molar-refractivity contribution in [2.45, 2.75) is 51.4 Å². The molecule has 2 saturated heterocycles. The Morgan fingerprint density at radius 2 is 2.24 bits per heavy atom. The van der Waals surface area contributed by atoms with Gasteiger partial charge in [0, 0.05) is 44.5 Å². The average molecular weight is 234 g/mol. The highest BCUT2D eigenvalue weighted by molar-refractivity contribution is 4.99. The fourth-order valence-corrected chi connectivity index (χ4v) is 3.15. The Bertz CT molecular complexity index is 373. The van der Waals surface area contributed by atoms with Gasteiger partial charge in [0.1, 0.15) is 0 Å².